The normalized spacial score (nSPS) is 17.8. The van der Waals surface area contributed by atoms with E-state index in [-0.39, 0.29) is 0 Å². The molecule has 2 fully saturated rings. The Hall–Kier alpha value is -3.04. The number of para-hydroxylation sites is 2. The lowest BCUT2D eigenvalue weighted by molar-refractivity contribution is 0.122. The van der Waals surface area contributed by atoms with Gasteiger partial charge < -0.3 is 19.5 Å². The highest BCUT2D eigenvalue weighted by Gasteiger charge is 2.25. The Morgan fingerprint density at radius 3 is 2.59 bits per heavy atom. The van der Waals surface area contributed by atoms with Crippen LogP contribution in [0.2, 0.25) is 0 Å². The van der Waals surface area contributed by atoms with Crippen molar-refractivity contribution in [2.75, 3.05) is 44.3 Å². The van der Waals surface area contributed by atoms with E-state index in [0.29, 0.717) is 25.1 Å². The lowest BCUT2D eigenvalue weighted by Gasteiger charge is -2.28. The number of ether oxygens (including phenoxy) is 1. The Kier molecular flexibility index (Phi) is 5.66. The van der Waals surface area contributed by atoms with E-state index in [1.807, 2.05) is 18.2 Å². The topological polar surface area (TPSA) is 85.9 Å². The number of imidazole rings is 2. The first-order valence-corrected chi connectivity index (χ1v) is 12.5. The van der Waals surface area contributed by atoms with Crippen LogP contribution in [0.1, 0.15) is 31.4 Å². The van der Waals surface area contributed by atoms with E-state index in [9.17, 15) is 0 Å². The molecule has 0 saturated carbocycles. The standard InChI is InChI=1S/C25H32N8O/c1-3-20-27-18-6-4-5-7-19(18)33(20)25-29-23-22(24(30-25)32-12-14-34-15-13-32)28-21(31(23)2)16-17-8-10-26-11-9-17/h4-7,17,26H,3,8-16H2,1-2H3. The minimum Gasteiger partial charge on any atom is -0.378 e. The van der Waals surface area contributed by atoms with Crippen molar-refractivity contribution in [3.8, 4) is 5.95 Å². The molecule has 1 aromatic carbocycles. The SMILES string of the molecule is CCc1nc2ccccc2n1-c1nc(N2CCOCC2)c2nc(CC3CCNCC3)n(C)c2n1. The third-order valence-corrected chi connectivity index (χ3v) is 7.17. The van der Waals surface area contributed by atoms with Gasteiger partial charge in [-0.1, -0.05) is 19.1 Å². The number of hydrogen-bond acceptors (Lipinski definition) is 7. The van der Waals surface area contributed by atoms with Gasteiger partial charge in [0.2, 0.25) is 5.95 Å². The average Bonchev–Trinajstić information content (AvgIpc) is 3.42. The second-order valence-corrected chi connectivity index (χ2v) is 9.31. The third kappa shape index (κ3) is 3.73. The summed E-state index contributed by atoms with van der Waals surface area (Å²) in [4.78, 5) is 22.5. The molecule has 178 valence electrons. The third-order valence-electron chi connectivity index (χ3n) is 7.17. The van der Waals surface area contributed by atoms with Gasteiger partial charge >= 0.3 is 0 Å². The van der Waals surface area contributed by atoms with Crippen molar-refractivity contribution in [3.05, 3.63) is 35.9 Å². The van der Waals surface area contributed by atoms with Crippen LogP contribution in [0.3, 0.4) is 0 Å². The Morgan fingerprint density at radius 2 is 1.79 bits per heavy atom. The van der Waals surface area contributed by atoms with Gasteiger partial charge in [-0.3, -0.25) is 4.57 Å². The van der Waals surface area contributed by atoms with Crippen LogP contribution in [-0.4, -0.2) is 68.5 Å². The highest BCUT2D eigenvalue weighted by Crippen LogP contribution is 2.29. The molecule has 0 radical (unpaired) electrons. The summed E-state index contributed by atoms with van der Waals surface area (Å²) in [5.74, 6) is 4.27. The predicted molar refractivity (Wildman–Crippen MR) is 133 cm³/mol. The molecule has 2 aliphatic heterocycles. The van der Waals surface area contributed by atoms with E-state index in [2.05, 4.69) is 39.4 Å². The molecule has 1 N–H and O–H groups in total. The van der Waals surface area contributed by atoms with E-state index in [1.54, 1.807) is 0 Å². The largest absolute Gasteiger partial charge is 0.378 e. The van der Waals surface area contributed by atoms with Gasteiger partial charge in [0.15, 0.2) is 17.0 Å². The second-order valence-electron chi connectivity index (χ2n) is 9.31. The van der Waals surface area contributed by atoms with Crippen molar-refractivity contribution in [1.29, 1.82) is 0 Å². The molecular weight excluding hydrogens is 428 g/mol. The monoisotopic (exact) mass is 460 g/mol. The quantitative estimate of drug-likeness (QED) is 0.490. The maximum atomic E-state index is 5.63. The summed E-state index contributed by atoms with van der Waals surface area (Å²) >= 11 is 0. The molecule has 0 atom stereocenters. The first-order chi connectivity index (χ1) is 16.7. The fourth-order valence-electron chi connectivity index (χ4n) is 5.24. The molecule has 2 saturated heterocycles. The molecule has 0 aliphatic carbocycles. The van der Waals surface area contributed by atoms with Crippen LogP contribution in [0.5, 0.6) is 0 Å². The Morgan fingerprint density at radius 1 is 1.00 bits per heavy atom. The van der Waals surface area contributed by atoms with Gasteiger partial charge in [0, 0.05) is 33.0 Å². The zero-order chi connectivity index (χ0) is 23.1. The summed E-state index contributed by atoms with van der Waals surface area (Å²) in [6.45, 7) is 7.30. The Balaban J connectivity index is 1.53. The highest BCUT2D eigenvalue weighted by molar-refractivity contribution is 5.86. The fraction of sp³-hybridized carbons (Fsp3) is 0.520. The van der Waals surface area contributed by atoms with Crippen LogP contribution < -0.4 is 10.2 Å². The number of rotatable bonds is 5. The predicted octanol–water partition coefficient (Wildman–Crippen LogP) is 2.64. The summed E-state index contributed by atoms with van der Waals surface area (Å²) in [7, 11) is 2.10. The smallest absolute Gasteiger partial charge is 0.239 e. The number of aromatic nitrogens is 6. The zero-order valence-corrected chi connectivity index (χ0v) is 20.0. The van der Waals surface area contributed by atoms with Crippen LogP contribution in [0, 0.1) is 5.92 Å². The first kappa shape index (κ1) is 21.5. The number of hydrogen-bond donors (Lipinski definition) is 1. The first-order valence-electron chi connectivity index (χ1n) is 12.5. The van der Waals surface area contributed by atoms with Gasteiger partial charge in [-0.05, 0) is 44.0 Å². The number of morpholine rings is 1. The minimum atomic E-state index is 0.653. The fourth-order valence-corrected chi connectivity index (χ4v) is 5.24. The molecule has 6 rings (SSSR count). The number of nitrogens with zero attached hydrogens (tertiary/aromatic N) is 7. The second kappa shape index (κ2) is 8.96. The van der Waals surface area contributed by atoms with Gasteiger partial charge in [0.05, 0.1) is 24.2 Å². The van der Waals surface area contributed by atoms with E-state index < -0.39 is 0 Å². The van der Waals surface area contributed by atoms with Crippen molar-refractivity contribution < 1.29 is 4.74 Å². The number of piperidine rings is 1. The van der Waals surface area contributed by atoms with E-state index in [0.717, 1.165) is 78.7 Å². The van der Waals surface area contributed by atoms with E-state index >= 15 is 0 Å². The molecule has 0 amide bonds. The van der Waals surface area contributed by atoms with Gasteiger partial charge in [-0.25, -0.2) is 9.97 Å². The van der Waals surface area contributed by atoms with Crippen LogP contribution in [0.25, 0.3) is 28.1 Å². The van der Waals surface area contributed by atoms with Crippen molar-refractivity contribution in [3.63, 3.8) is 0 Å². The Labute approximate surface area is 199 Å². The maximum Gasteiger partial charge on any atom is 0.239 e. The maximum absolute atomic E-state index is 5.63. The number of aryl methyl sites for hydroxylation is 2. The molecule has 3 aromatic heterocycles. The van der Waals surface area contributed by atoms with Gasteiger partial charge in [-0.15, -0.1) is 0 Å². The molecule has 34 heavy (non-hydrogen) atoms. The average molecular weight is 461 g/mol. The molecule has 0 unspecified atom stereocenters. The number of benzene rings is 1. The van der Waals surface area contributed by atoms with Crippen molar-refractivity contribution in [1.82, 2.24) is 34.4 Å². The van der Waals surface area contributed by atoms with Gasteiger partial charge in [-0.2, -0.15) is 9.97 Å². The van der Waals surface area contributed by atoms with Crippen molar-refractivity contribution in [2.45, 2.75) is 32.6 Å². The molecule has 0 bridgehead atoms. The Bertz CT molecular complexity index is 1310. The zero-order valence-electron chi connectivity index (χ0n) is 20.0. The lowest BCUT2D eigenvalue weighted by atomic mass is 9.94. The summed E-state index contributed by atoms with van der Waals surface area (Å²) in [6, 6.07) is 8.21. The number of fused-ring (bicyclic) bond motifs is 2. The minimum absolute atomic E-state index is 0.653. The number of anilines is 1. The van der Waals surface area contributed by atoms with E-state index in [4.69, 9.17) is 24.7 Å². The summed E-state index contributed by atoms with van der Waals surface area (Å²) in [6.07, 6.45) is 4.16. The van der Waals surface area contributed by atoms with Crippen molar-refractivity contribution >= 4 is 28.0 Å². The molecule has 5 heterocycles. The van der Waals surface area contributed by atoms with Gasteiger partial charge in [0.25, 0.3) is 0 Å². The summed E-state index contributed by atoms with van der Waals surface area (Å²) in [5, 5.41) is 3.47. The van der Waals surface area contributed by atoms with E-state index in [1.165, 1.54) is 12.8 Å². The van der Waals surface area contributed by atoms with Crippen LogP contribution in [0.4, 0.5) is 5.82 Å². The molecule has 9 nitrogen and oxygen atoms in total. The highest BCUT2D eigenvalue weighted by atomic mass is 16.5. The van der Waals surface area contributed by atoms with Crippen molar-refractivity contribution in [2.24, 2.45) is 13.0 Å². The molecule has 9 heteroatoms. The van der Waals surface area contributed by atoms with Crippen LogP contribution in [-0.2, 0) is 24.6 Å². The van der Waals surface area contributed by atoms with Crippen LogP contribution >= 0.6 is 0 Å². The number of nitrogens with one attached hydrogen (secondary N) is 1. The lowest BCUT2D eigenvalue weighted by Crippen LogP contribution is -2.37. The van der Waals surface area contributed by atoms with Crippen LogP contribution in [0.15, 0.2) is 24.3 Å². The molecular formula is C25H32N8O. The summed E-state index contributed by atoms with van der Waals surface area (Å²) in [5.41, 5.74) is 3.77. The molecule has 4 aromatic rings. The molecule has 0 spiro atoms. The molecule has 2 aliphatic rings. The van der Waals surface area contributed by atoms with Gasteiger partial charge in [0.1, 0.15) is 11.6 Å². The summed E-state index contributed by atoms with van der Waals surface area (Å²) < 4.78 is 9.91.